The highest BCUT2D eigenvalue weighted by Crippen LogP contribution is 2.18. The zero-order valence-electron chi connectivity index (χ0n) is 12.3. The molecule has 0 bridgehead atoms. The van der Waals surface area contributed by atoms with Gasteiger partial charge < -0.3 is 14.5 Å². The molecular formula is C16H19BrN2O3. The van der Waals surface area contributed by atoms with E-state index >= 15 is 0 Å². The molecule has 2 fully saturated rings. The highest BCUT2D eigenvalue weighted by atomic mass is 79.9. The van der Waals surface area contributed by atoms with Gasteiger partial charge in [0.2, 0.25) is 0 Å². The molecule has 2 amide bonds. The molecule has 0 radical (unpaired) electrons. The minimum atomic E-state index is -0.271. The normalized spacial score (nSPS) is 22.0. The van der Waals surface area contributed by atoms with Gasteiger partial charge in [0.25, 0.3) is 11.8 Å². The lowest BCUT2D eigenvalue weighted by atomic mass is 10.1. The maximum atomic E-state index is 12.5. The SMILES string of the molecule is O=C(c1cccc(Br)c1)N1CCN(C(=O)[C@H]2CCCO2)CC1. The Morgan fingerprint density at radius 3 is 2.50 bits per heavy atom. The van der Waals surface area contributed by atoms with E-state index < -0.39 is 0 Å². The van der Waals surface area contributed by atoms with E-state index in [2.05, 4.69) is 15.9 Å². The fourth-order valence-corrected chi connectivity index (χ4v) is 3.31. The van der Waals surface area contributed by atoms with E-state index in [0.29, 0.717) is 38.3 Å². The number of nitrogens with zero attached hydrogens (tertiary/aromatic N) is 2. The molecule has 118 valence electrons. The summed E-state index contributed by atoms with van der Waals surface area (Å²) in [6.45, 7) is 2.99. The third-order valence-electron chi connectivity index (χ3n) is 4.16. The smallest absolute Gasteiger partial charge is 0.254 e. The van der Waals surface area contributed by atoms with E-state index in [0.717, 1.165) is 17.3 Å². The van der Waals surface area contributed by atoms with E-state index in [1.165, 1.54) is 0 Å². The van der Waals surface area contributed by atoms with Crippen LogP contribution in [0.4, 0.5) is 0 Å². The number of benzene rings is 1. The monoisotopic (exact) mass is 366 g/mol. The molecule has 0 N–H and O–H groups in total. The van der Waals surface area contributed by atoms with Crippen molar-refractivity contribution in [2.24, 2.45) is 0 Å². The van der Waals surface area contributed by atoms with E-state index in [4.69, 9.17) is 4.74 Å². The van der Waals surface area contributed by atoms with Crippen molar-refractivity contribution in [2.75, 3.05) is 32.8 Å². The second-order valence-electron chi connectivity index (χ2n) is 5.63. The maximum Gasteiger partial charge on any atom is 0.254 e. The molecule has 0 unspecified atom stereocenters. The number of hydrogen-bond donors (Lipinski definition) is 0. The zero-order chi connectivity index (χ0) is 15.5. The van der Waals surface area contributed by atoms with E-state index in [-0.39, 0.29) is 17.9 Å². The van der Waals surface area contributed by atoms with Crippen molar-refractivity contribution in [1.29, 1.82) is 0 Å². The molecule has 0 aromatic heterocycles. The molecule has 22 heavy (non-hydrogen) atoms. The van der Waals surface area contributed by atoms with Crippen molar-refractivity contribution in [1.82, 2.24) is 9.80 Å². The average molecular weight is 367 g/mol. The Kier molecular flexibility index (Phi) is 4.78. The summed E-state index contributed by atoms with van der Waals surface area (Å²) in [5.74, 6) is 0.0950. The fraction of sp³-hybridized carbons (Fsp3) is 0.500. The predicted molar refractivity (Wildman–Crippen MR) is 85.6 cm³/mol. The summed E-state index contributed by atoms with van der Waals surface area (Å²) >= 11 is 3.38. The van der Waals surface area contributed by atoms with E-state index in [9.17, 15) is 9.59 Å². The van der Waals surface area contributed by atoms with Crippen LogP contribution >= 0.6 is 15.9 Å². The first kappa shape index (κ1) is 15.5. The van der Waals surface area contributed by atoms with Crippen molar-refractivity contribution in [3.05, 3.63) is 34.3 Å². The van der Waals surface area contributed by atoms with E-state index in [1.54, 1.807) is 4.90 Å². The number of halogens is 1. The van der Waals surface area contributed by atoms with Gasteiger partial charge in [-0.15, -0.1) is 0 Å². The number of piperazine rings is 1. The van der Waals surface area contributed by atoms with Crippen LogP contribution in [0.3, 0.4) is 0 Å². The summed E-state index contributed by atoms with van der Waals surface area (Å²) in [7, 11) is 0. The molecule has 2 aliphatic heterocycles. The van der Waals surface area contributed by atoms with Gasteiger partial charge in [0.1, 0.15) is 6.10 Å². The number of amides is 2. The number of carbonyl (C=O) groups excluding carboxylic acids is 2. The molecule has 2 aliphatic rings. The van der Waals surface area contributed by atoms with Crippen LogP contribution in [0.2, 0.25) is 0 Å². The number of hydrogen-bond acceptors (Lipinski definition) is 3. The number of rotatable bonds is 2. The van der Waals surface area contributed by atoms with Crippen LogP contribution < -0.4 is 0 Å². The third kappa shape index (κ3) is 3.33. The highest BCUT2D eigenvalue weighted by molar-refractivity contribution is 9.10. The second kappa shape index (κ2) is 6.79. The highest BCUT2D eigenvalue weighted by Gasteiger charge is 2.31. The van der Waals surface area contributed by atoms with Crippen LogP contribution in [0.1, 0.15) is 23.2 Å². The second-order valence-corrected chi connectivity index (χ2v) is 6.55. The summed E-state index contributed by atoms with van der Waals surface area (Å²) in [5, 5.41) is 0. The fourth-order valence-electron chi connectivity index (χ4n) is 2.91. The van der Waals surface area contributed by atoms with Crippen molar-refractivity contribution in [3.8, 4) is 0 Å². The molecule has 2 saturated heterocycles. The summed E-state index contributed by atoms with van der Waals surface area (Å²) < 4.78 is 6.34. The molecule has 5 nitrogen and oxygen atoms in total. The Hall–Kier alpha value is -1.40. The first-order chi connectivity index (χ1) is 10.6. The van der Waals surface area contributed by atoms with Crippen molar-refractivity contribution in [3.63, 3.8) is 0 Å². The molecule has 0 aliphatic carbocycles. The molecule has 1 aromatic carbocycles. The molecule has 6 heteroatoms. The Morgan fingerprint density at radius 1 is 1.14 bits per heavy atom. The molecule has 3 rings (SSSR count). The van der Waals surface area contributed by atoms with Crippen LogP contribution in [0, 0.1) is 0 Å². The topological polar surface area (TPSA) is 49.9 Å². The lowest BCUT2D eigenvalue weighted by Crippen LogP contribution is -2.52. The Balaban J connectivity index is 1.57. The number of carbonyl (C=O) groups is 2. The average Bonchev–Trinajstić information content (AvgIpc) is 3.08. The Morgan fingerprint density at radius 2 is 1.86 bits per heavy atom. The predicted octanol–water partition coefficient (Wildman–Crippen LogP) is 1.91. The Labute approximate surface area is 138 Å². The van der Waals surface area contributed by atoms with Crippen LogP contribution in [0.15, 0.2) is 28.7 Å². The quantitative estimate of drug-likeness (QED) is 0.803. The number of ether oxygens (including phenoxy) is 1. The van der Waals surface area contributed by atoms with Gasteiger partial charge >= 0.3 is 0 Å². The standard InChI is InChI=1S/C16H19BrN2O3/c17-13-4-1-3-12(11-13)15(20)18-6-8-19(9-7-18)16(21)14-5-2-10-22-14/h1,3-4,11,14H,2,5-10H2/t14-/m1/s1. The third-order valence-corrected chi connectivity index (χ3v) is 4.65. The molecule has 2 heterocycles. The molecule has 0 saturated carbocycles. The first-order valence-corrected chi connectivity index (χ1v) is 8.40. The zero-order valence-corrected chi connectivity index (χ0v) is 13.9. The van der Waals surface area contributed by atoms with Gasteiger partial charge in [-0.05, 0) is 31.0 Å². The molecule has 0 spiro atoms. The molecule has 1 aromatic rings. The van der Waals surface area contributed by atoms with Gasteiger partial charge in [-0.25, -0.2) is 0 Å². The minimum Gasteiger partial charge on any atom is -0.368 e. The van der Waals surface area contributed by atoms with Crippen molar-refractivity contribution < 1.29 is 14.3 Å². The largest absolute Gasteiger partial charge is 0.368 e. The summed E-state index contributed by atoms with van der Waals surface area (Å²) in [4.78, 5) is 28.4. The van der Waals surface area contributed by atoms with E-state index in [1.807, 2.05) is 29.2 Å². The van der Waals surface area contributed by atoms with Gasteiger partial charge in [0.15, 0.2) is 0 Å². The van der Waals surface area contributed by atoms with Gasteiger partial charge in [0.05, 0.1) is 0 Å². The molecule has 1 atom stereocenters. The summed E-state index contributed by atoms with van der Waals surface area (Å²) in [5.41, 5.74) is 0.674. The van der Waals surface area contributed by atoms with Gasteiger partial charge in [0, 0.05) is 42.8 Å². The Bertz CT molecular complexity index is 564. The maximum absolute atomic E-state index is 12.5. The van der Waals surface area contributed by atoms with Gasteiger partial charge in [-0.1, -0.05) is 22.0 Å². The first-order valence-electron chi connectivity index (χ1n) is 7.60. The van der Waals surface area contributed by atoms with Crippen LogP contribution in [0.5, 0.6) is 0 Å². The van der Waals surface area contributed by atoms with Gasteiger partial charge in [-0.3, -0.25) is 9.59 Å². The molecular weight excluding hydrogens is 348 g/mol. The van der Waals surface area contributed by atoms with Crippen LogP contribution in [-0.2, 0) is 9.53 Å². The van der Waals surface area contributed by atoms with Crippen molar-refractivity contribution in [2.45, 2.75) is 18.9 Å². The lowest BCUT2D eigenvalue weighted by Gasteiger charge is -2.35. The van der Waals surface area contributed by atoms with Crippen molar-refractivity contribution >= 4 is 27.7 Å². The lowest BCUT2D eigenvalue weighted by molar-refractivity contribution is -0.142. The summed E-state index contributed by atoms with van der Waals surface area (Å²) in [6, 6.07) is 7.40. The van der Waals surface area contributed by atoms with Crippen LogP contribution in [0.25, 0.3) is 0 Å². The van der Waals surface area contributed by atoms with Gasteiger partial charge in [-0.2, -0.15) is 0 Å². The summed E-state index contributed by atoms with van der Waals surface area (Å²) in [6.07, 6.45) is 1.50. The van der Waals surface area contributed by atoms with Crippen LogP contribution in [-0.4, -0.2) is 60.5 Å². The minimum absolute atomic E-state index is 0.0190.